The van der Waals surface area contributed by atoms with Crippen molar-refractivity contribution in [2.75, 3.05) is 0 Å². The molecule has 0 atom stereocenters. The molecule has 13 aromatic rings. The molecule has 0 aliphatic rings. The van der Waals surface area contributed by atoms with E-state index >= 15 is 0 Å². The second-order valence-corrected chi connectivity index (χ2v) is 16.7. The minimum Gasteiger partial charge on any atom is -0.0622 e. The third kappa shape index (κ3) is 5.14. The van der Waals surface area contributed by atoms with E-state index in [2.05, 4.69) is 231 Å². The molecule has 0 amide bonds. The topological polar surface area (TPSA) is 0 Å². The Morgan fingerprint density at radius 2 is 0.419 bits per heavy atom. The summed E-state index contributed by atoms with van der Waals surface area (Å²) in [7, 11) is 0. The summed E-state index contributed by atoms with van der Waals surface area (Å²) in [6, 6.07) is 86.1. The molecule has 0 heterocycles. The van der Waals surface area contributed by atoms with Crippen LogP contribution in [0.3, 0.4) is 0 Å². The lowest BCUT2D eigenvalue weighted by molar-refractivity contribution is 1.53. The Morgan fingerprint density at radius 3 is 0.726 bits per heavy atom. The van der Waals surface area contributed by atoms with Gasteiger partial charge in [-0.3, -0.25) is 0 Å². The molecule has 0 aliphatic heterocycles. The van der Waals surface area contributed by atoms with Crippen LogP contribution in [0, 0.1) is 0 Å². The van der Waals surface area contributed by atoms with E-state index in [1.165, 1.54) is 131 Å². The predicted molar refractivity (Wildman–Crippen MR) is 266 cm³/mol. The molecule has 286 valence electrons. The molecule has 0 saturated carbocycles. The molecular formula is C62H38. The van der Waals surface area contributed by atoms with Crippen molar-refractivity contribution in [1.82, 2.24) is 0 Å². The Hall–Kier alpha value is -8.06. The van der Waals surface area contributed by atoms with Crippen molar-refractivity contribution in [1.29, 1.82) is 0 Å². The summed E-state index contributed by atoms with van der Waals surface area (Å²) >= 11 is 0. The highest BCUT2D eigenvalue weighted by atomic mass is 14.3. The van der Waals surface area contributed by atoms with E-state index in [1.54, 1.807) is 0 Å². The van der Waals surface area contributed by atoms with Crippen molar-refractivity contribution < 1.29 is 0 Å². The highest BCUT2D eigenvalue weighted by Gasteiger charge is 2.31. The molecule has 0 heteroatoms. The maximum Gasteiger partial charge on any atom is -0.000763 e. The van der Waals surface area contributed by atoms with E-state index in [0.717, 1.165) is 0 Å². The smallest absolute Gasteiger partial charge is 0.000763 e. The van der Waals surface area contributed by atoms with E-state index in [0.29, 0.717) is 0 Å². The standard InChI is InChI=1S/C62H38/c1-5-15-39(16-6-1)57-58(40-17-7-2-8-18-40)62(52-38-34-48-30-28-44-24-14-26-46-32-36-50(52)56(48)54(44)46)60(42-21-11-4-12-22-42)59(41-19-9-3-10-20-41)61(57)51-37-33-47-29-27-43-23-13-25-45-31-35-49(51)55(47)53(43)45/h1-38H. The first kappa shape index (κ1) is 34.8. The van der Waals surface area contributed by atoms with Gasteiger partial charge in [-0.2, -0.15) is 0 Å². The second kappa shape index (κ2) is 13.7. The maximum absolute atomic E-state index is 2.40. The van der Waals surface area contributed by atoms with Gasteiger partial charge in [0.1, 0.15) is 0 Å². The van der Waals surface area contributed by atoms with Crippen LogP contribution in [0.2, 0.25) is 0 Å². The molecule has 0 radical (unpaired) electrons. The SMILES string of the molecule is c1ccc(-c2c(-c3ccccc3)c(-c3ccc4ccc5cccc6ccc3c4c56)c(-c3ccccc3)c(-c3ccccc3)c2-c2ccc3ccc4cccc5ccc2c3c45)cc1. The molecular weight excluding hydrogens is 745 g/mol. The van der Waals surface area contributed by atoms with Gasteiger partial charge >= 0.3 is 0 Å². The first-order valence-corrected chi connectivity index (χ1v) is 21.6. The number of hydrogen-bond acceptors (Lipinski definition) is 0. The third-order valence-corrected chi connectivity index (χ3v) is 13.3. The summed E-state index contributed by atoms with van der Waals surface area (Å²) in [5, 5.41) is 15.4. The molecule has 0 bridgehead atoms. The minimum absolute atomic E-state index is 1.18. The Balaban J connectivity index is 1.32. The fourth-order valence-corrected chi connectivity index (χ4v) is 10.8. The fraction of sp³-hybridized carbons (Fsp3) is 0. The van der Waals surface area contributed by atoms with E-state index in [9.17, 15) is 0 Å². The average molecular weight is 783 g/mol. The van der Waals surface area contributed by atoms with E-state index in [4.69, 9.17) is 0 Å². The predicted octanol–water partition coefficient (Wildman–Crippen LogP) is 17.5. The molecule has 13 rings (SSSR count). The molecule has 0 unspecified atom stereocenters. The van der Waals surface area contributed by atoms with Crippen LogP contribution in [0.15, 0.2) is 231 Å². The zero-order valence-electron chi connectivity index (χ0n) is 33.9. The van der Waals surface area contributed by atoms with Gasteiger partial charge in [-0.15, -0.1) is 0 Å². The van der Waals surface area contributed by atoms with Crippen molar-refractivity contribution in [2.24, 2.45) is 0 Å². The number of benzene rings is 13. The first-order valence-electron chi connectivity index (χ1n) is 21.6. The van der Waals surface area contributed by atoms with Gasteiger partial charge in [0.2, 0.25) is 0 Å². The molecule has 0 aromatic heterocycles. The highest BCUT2D eigenvalue weighted by Crippen LogP contribution is 2.58. The van der Waals surface area contributed by atoms with Crippen molar-refractivity contribution in [2.45, 2.75) is 0 Å². The lowest BCUT2D eigenvalue weighted by atomic mass is 9.72. The summed E-state index contributed by atoms with van der Waals surface area (Å²) in [4.78, 5) is 0. The molecule has 13 aromatic carbocycles. The Morgan fingerprint density at radius 1 is 0.161 bits per heavy atom. The van der Waals surface area contributed by atoms with Gasteiger partial charge < -0.3 is 0 Å². The molecule has 0 spiro atoms. The van der Waals surface area contributed by atoms with Gasteiger partial charge in [-0.25, -0.2) is 0 Å². The Bertz CT molecular complexity index is 3420. The van der Waals surface area contributed by atoms with Crippen LogP contribution in [0.25, 0.3) is 131 Å². The van der Waals surface area contributed by atoms with Crippen molar-refractivity contribution >= 4 is 64.6 Å². The van der Waals surface area contributed by atoms with Gasteiger partial charge in [0.25, 0.3) is 0 Å². The van der Waals surface area contributed by atoms with E-state index in [-0.39, 0.29) is 0 Å². The molecule has 0 aliphatic carbocycles. The van der Waals surface area contributed by atoms with Crippen LogP contribution in [0.1, 0.15) is 0 Å². The molecule has 0 N–H and O–H groups in total. The summed E-state index contributed by atoms with van der Waals surface area (Å²) in [6.07, 6.45) is 0. The van der Waals surface area contributed by atoms with Crippen LogP contribution >= 0.6 is 0 Å². The Kier molecular flexibility index (Phi) is 7.71. The van der Waals surface area contributed by atoms with Crippen molar-refractivity contribution in [3.05, 3.63) is 231 Å². The minimum atomic E-state index is 1.18. The van der Waals surface area contributed by atoms with Crippen LogP contribution in [-0.4, -0.2) is 0 Å². The monoisotopic (exact) mass is 782 g/mol. The zero-order valence-corrected chi connectivity index (χ0v) is 33.9. The van der Waals surface area contributed by atoms with E-state index < -0.39 is 0 Å². The fourth-order valence-electron chi connectivity index (χ4n) is 10.8. The van der Waals surface area contributed by atoms with Crippen LogP contribution in [0.4, 0.5) is 0 Å². The molecule has 0 fully saturated rings. The lowest BCUT2D eigenvalue weighted by Gasteiger charge is -2.30. The number of rotatable bonds is 6. The van der Waals surface area contributed by atoms with Crippen molar-refractivity contribution in [3.8, 4) is 66.8 Å². The van der Waals surface area contributed by atoms with Crippen LogP contribution < -0.4 is 0 Å². The average Bonchev–Trinajstić information content (AvgIpc) is 3.35. The van der Waals surface area contributed by atoms with Crippen molar-refractivity contribution in [3.63, 3.8) is 0 Å². The lowest BCUT2D eigenvalue weighted by Crippen LogP contribution is -2.03. The van der Waals surface area contributed by atoms with Gasteiger partial charge in [0.15, 0.2) is 0 Å². The largest absolute Gasteiger partial charge is 0.0622 e. The summed E-state index contributed by atoms with van der Waals surface area (Å²) < 4.78 is 0. The van der Waals surface area contributed by atoms with E-state index in [1.807, 2.05) is 0 Å². The highest BCUT2D eigenvalue weighted by molar-refractivity contribution is 6.30. The third-order valence-electron chi connectivity index (χ3n) is 13.3. The zero-order chi connectivity index (χ0) is 40.7. The summed E-state index contributed by atoms with van der Waals surface area (Å²) in [5.41, 5.74) is 14.6. The second-order valence-electron chi connectivity index (χ2n) is 16.7. The van der Waals surface area contributed by atoms with Gasteiger partial charge in [-0.1, -0.05) is 231 Å². The number of hydrogen-bond donors (Lipinski definition) is 0. The maximum atomic E-state index is 2.40. The Labute approximate surface area is 360 Å². The van der Waals surface area contributed by atoms with Gasteiger partial charge in [0.05, 0.1) is 0 Å². The summed E-state index contributed by atoms with van der Waals surface area (Å²) in [6.45, 7) is 0. The molecule has 0 saturated heterocycles. The van der Waals surface area contributed by atoms with Gasteiger partial charge in [0, 0.05) is 0 Å². The first-order chi connectivity index (χ1) is 30.8. The molecule has 62 heavy (non-hydrogen) atoms. The van der Waals surface area contributed by atoms with Crippen LogP contribution in [0.5, 0.6) is 0 Å². The quantitative estimate of drug-likeness (QED) is 0.147. The van der Waals surface area contributed by atoms with Gasteiger partial charge in [-0.05, 0) is 131 Å². The van der Waals surface area contributed by atoms with Crippen LogP contribution in [-0.2, 0) is 0 Å². The summed E-state index contributed by atoms with van der Waals surface area (Å²) in [5.74, 6) is 0. The normalized spacial score (nSPS) is 11.9. The molecule has 0 nitrogen and oxygen atoms in total.